The van der Waals surface area contributed by atoms with Crippen LogP contribution in [0.4, 0.5) is 10.1 Å². The van der Waals surface area contributed by atoms with E-state index in [1.807, 2.05) is 0 Å². The van der Waals surface area contributed by atoms with Gasteiger partial charge in [0.2, 0.25) is 0 Å². The Morgan fingerprint density at radius 3 is 2.56 bits per heavy atom. The SMILES string of the molecule is O=C(Nc1ccc(F)c(Cl)c1)c1cc[n+]([O-])cc1. The molecule has 2 rings (SSSR count). The summed E-state index contributed by atoms with van der Waals surface area (Å²) in [7, 11) is 0. The third-order valence-electron chi connectivity index (χ3n) is 2.24. The molecule has 0 aliphatic carbocycles. The molecular formula is C12H8ClFN2O2. The van der Waals surface area contributed by atoms with Crippen LogP contribution in [0, 0.1) is 11.0 Å². The number of hydrogen-bond donors (Lipinski definition) is 1. The van der Waals surface area contributed by atoms with E-state index in [0.29, 0.717) is 16.0 Å². The molecule has 92 valence electrons. The molecule has 0 radical (unpaired) electrons. The van der Waals surface area contributed by atoms with Gasteiger partial charge in [0.25, 0.3) is 5.91 Å². The van der Waals surface area contributed by atoms with Crippen molar-refractivity contribution in [1.82, 2.24) is 0 Å². The van der Waals surface area contributed by atoms with E-state index in [4.69, 9.17) is 11.6 Å². The van der Waals surface area contributed by atoms with Gasteiger partial charge in [-0.3, -0.25) is 4.79 Å². The van der Waals surface area contributed by atoms with Crippen molar-refractivity contribution < 1.29 is 13.9 Å². The van der Waals surface area contributed by atoms with Crippen LogP contribution in [0.25, 0.3) is 0 Å². The van der Waals surface area contributed by atoms with Crippen LogP contribution in [0.1, 0.15) is 10.4 Å². The number of anilines is 1. The van der Waals surface area contributed by atoms with E-state index >= 15 is 0 Å². The fourth-order valence-electron chi connectivity index (χ4n) is 1.34. The van der Waals surface area contributed by atoms with E-state index in [1.165, 1.54) is 36.7 Å². The summed E-state index contributed by atoms with van der Waals surface area (Å²) in [4.78, 5) is 11.8. The van der Waals surface area contributed by atoms with Crippen molar-refractivity contribution in [1.29, 1.82) is 0 Å². The second kappa shape index (κ2) is 5.01. The lowest BCUT2D eigenvalue weighted by atomic mass is 10.2. The minimum atomic E-state index is -0.554. The normalized spacial score (nSPS) is 10.1. The Balaban J connectivity index is 2.16. The first-order valence-electron chi connectivity index (χ1n) is 5.01. The van der Waals surface area contributed by atoms with E-state index in [2.05, 4.69) is 5.32 Å². The molecule has 0 spiro atoms. The lowest BCUT2D eigenvalue weighted by Gasteiger charge is -2.05. The van der Waals surface area contributed by atoms with Gasteiger partial charge in [0.1, 0.15) is 5.82 Å². The zero-order chi connectivity index (χ0) is 13.1. The van der Waals surface area contributed by atoms with Crippen LogP contribution in [-0.4, -0.2) is 5.91 Å². The molecule has 1 aromatic heterocycles. The molecule has 6 heteroatoms. The maximum absolute atomic E-state index is 12.9. The quantitative estimate of drug-likeness (QED) is 0.670. The Kier molecular flexibility index (Phi) is 3.43. The highest BCUT2D eigenvalue weighted by Crippen LogP contribution is 2.19. The van der Waals surface area contributed by atoms with E-state index in [0.717, 1.165) is 6.07 Å². The number of carbonyl (C=O) groups is 1. The number of nitrogens with one attached hydrogen (secondary N) is 1. The van der Waals surface area contributed by atoms with Crippen molar-refractivity contribution in [2.75, 3.05) is 5.32 Å². The second-order valence-electron chi connectivity index (χ2n) is 3.53. The largest absolute Gasteiger partial charge is 0.619 e. The smallest absolute Gasteiger partial charge is 0.256 e. The lowest BCUT2D eigenvalue weighted by Crippen LogP contribution is -2.25. The lowest BCUT2D eigenvalue weighted by molar-refractivity contribution is -0.605. The van der Waals surface area contributed by atoms with Gasteiger partial charge in [-0.05, 0) is 18.2 Å². The number of aromatic nitrogens is 1. The van der Waals surface area contributed by atoms with Crippen molar-refractivity contribution in [3.63, 3.8) is 0 Å². The standard InChI is InChI=1S/C12H8ClFN2O2/c13-10-7-9(1-2-11(10)14)15-12(17)8-3-5-16(18)6-4-8/h1-7H,(H,15,17). The fraction of sp³-hybridized carbons (Fsp3) is 0. The summed E-state index contributed by atoms with van der Waals surface area (Å²) in [5, 5.41) is 13.3. The molecule has 4 nitrogen and oxygen atoms in total. The van der Waals surface area contributed by atoms with Crippen molar-refractivity contribution in [3.05, 3.63) is 64.3 Å². The molecule has 0 unspecified atom stereocenters. The van der Waals surface area contributed by atoms with Gasteiger partial charge in [-0.15, -0.1) is 0 Å². The van der Waals surface area contributed by atoms with Crippen LogP contribution in [0.3, 0.4) is 0 Å². The van der Waals surface area contributed by atoms with Gasteiger partial charge < -0.3 is 10.5 Å². The van der Waals surface area contributed by atoms with Crippen LogP contribution in [0.15, 0.2) is 42.7 Å². The number of nitrogens with zero attached hydrogens (tertiary/aromatic N) is 1. The monoisotopic (exact) mass is 266 g/mol. The van der Waals surface area contributed by atoms with Gasteiger partial charge in [0.05, 0.1) is 10.6 Å². The molecule has 0 saturated carbocycles. The van der Waals surface area contributed by atoms with Gasteiger partial charge in [-0.2, -0.15) is 4.73 Å². The number of amides is 1. The Morgan fingerprint density at radius 1 is 1.28 bits per heavy atom. The van der Waals surface area contributed by atoms with E-state index in [9.17, 15) is 14.4 Å². The molecular weight excluding hydrogens is 259 g/mol. The summed E-state index contributed by atoms with van der Waals surface area (Å²) in [6.45, 7) is 0. The average Bonchev–Trinajstić information content (AvgIpc) is 2.34. The molecule has 1 N–H and O–H groups in total. The van der Waals surface area contributed by atoms with Crippen molar-refractivity contribution >= 4 is 23.2 Å². The minimum absolute atomic E-state index is 0.0711. The van der Waals surface area contributed by atoms with Gasteiger partial charge in [0.15, 0.2) is 12.4 Å². The third kappa shape index (κ3) is 2.75. The number of rotatable bonds is 2. The van der Waals surface area contributed by atoms with E-state index in [1.54, 1.807) is 0 Å². The maximum atomic E-state index is 12.9. The topological polar surface area (TPSA) is 56.0 Å². The molecule has 2 aromatic rings. The zero-order valence-electron chi connectivity index (χ0n) is 9.06. The van der Waals surface area contributed by atoms with Crippen LogP contribution >= 0.6 is 11.6 Å². The van der Waals surface area contributed by atoms with Gasteiger partial charge >= 0.3 is 0 Å². The van der Waals surface area contributed by atoms with Crippen LogP contribution in [0.5, 0.6) is 0 Å². The molecule has 0 fully saturated rings. The molecule has 0 atom stereocenters. The Labute approximate surface area is 107 Å². The summed E-state index contributed by atoms with van der Waals surface area (Å²) in [6, 6.07) is 6.64. The number of carbonyl (C=O) groups excluding carboxylic acids is 1. The first-order valence-corrected chi connectivity index (χ1v) is 5.39. The predicted molar refractivity (Wildman–Crippen MR) is 64.8 cm³/mol. The number of hydrogen-bond acceptors (Lipinski definition) is 2. The predicted octanol–water partition coefficient (Wildman–Crippen LogP) is 2.36. The number of benzene rings is 1. The molecule has 1 amide bonds. The average molecular weight is 267 g/mol. The zero-order valence-corrected chi connectivity index (χ0v) is 9.82. The highest BCUT2D eigenvalue weighted by atomic mass is 35.5. The van der Waals surface area contributed by atoms with E-state index < -0.39 is 11.7 Å². The molecule has 18 heavy (non-hydrogen) atoms. The van der Waals surface area contributed by atoms with Crippen LogP contribution in [0.2, 0.25) is 5.02 Å². The molecule has 0 aliphatic rings. The first-order chi connectivity index (χ1) is 8.56. The molecule has 0 bridgehead atoms. The van der Waals surface area contributed by atoms with Gasteiger partial charge in [-0.25, -0.2) is 4.39 Å². The fourth-order valence-corrected chi connectivity index (χ4v) is 1.52. The van der Waals surface area contributed by atoms with E-state index in [-0.39, 0.29) is 5.02 Å². The summed E-state index contributed by atoms with van der Waals surface area (Å²) in [5.74, 6) is -0.958. The van der Waals surface area contributed by atoms with Crippen molar-refractivity contribution in [2.24, 2.45) is 0 Å². The highest BCUT2D eigenvalue weighted by molar-refractivity contribution is 6.31. The van der Waals surface area contributed by atoms with Crippen LogP contribution < -0.4 is 10.0 Å². The van der Waals surface area contributed by atoms with Crippen molar-refractivity contribution in [3.8, 4) is 0 Å². The van der Waals surface area contributed by atoms with Gasteiger partial charge in [-0.1, -0.05) is 11.6 Å². The first kappa shape index (κ1) is 12.3. The highest BCUT2D eigenvalue weighted by Gasteiger charge is 2.08. The molecule has 1 heterocycles. The Morgan fingerprint density at radius 2 is 1.94 bits per heavy atom. The maximum Gasteiger partial charge on any atom is 0.256 e. The van der Waals surface area contributed by atoms with Crippen molar-refractivity contribution in [2.45, 2.75) is 0 Å². The number of halogens is 2. The molecule has 1 aromatic carbocycles. The summed E-state index contributed by atoms with van der Waals surface area (Å²) < 4.78 is 13.5. The summed E-state index contributed by atoms with van der Waals surface area (Å²) in [5.41, 5.74) is 0.702. The minimum Gasteiger partial charge on any atom is -0.619 e. The summed E-state index contributed by atoms with van der Waals surface area (Å²) in [6.07, 6.45) is 2.43. The third-order valence-corrected chi connectivity index (χ3v) is 2.53. The Hall–Kier alpha value is -2.14. The van der Waals surface area contributed by atoms with Crippen LogP contribution in [-0.2, 0) is 0 Å². The molecule has 0 aliphatic heterocycles. The summed E-state index contributed by atoms with van der Waals surface area (Å²) >= 11 is 5.59. The Bertz CT molecular complexity index is 587. The molecule has 0 saturated heterocycles. The second-order valence-corrected chi connectivity index (χ2v) is 3.94. The van der Waals surface area contributed by atoms with Gasteiger partial charge in [0, 0.05) is 17.8 Å². The number of pyridine rings is 1.